The Labute approximate surface area is 119 Å². The van der Waals surface area contributed by atoms with Crippen LogP contribution in [0.5, 0.6) is 0 Å². The molecule has 0 radical (unpaired) electrons. The molecule has 104 valence electrons. The van der Waals surface area contributed by atoms with Gasteiger partial charge in [0, 0.05) is 44.8 Å². The second-order valence-electron chi connectivity index (χ2n) is 4.78. The number of hydrogen-bond donors (Lipinski definition) is 0. The third-order valence-electron chi connectivity index (χ3n) is 3.26. The van der Waals surface area contributed by atoms with Crippen LogP contribution in [0.15, 0.2) is 49.1 Å². The van der Waals surface area contributed by atoms with E-state index in [2.05, 4.69) is 9.97 Å². The summed E-state index contributed by atoms with van der Waals surface area (Å²) < 4.78 is 0. The van der Waals surface area contributed by atoms with E-state index in [-0.39, 0.29) is 5.91 Å². The third-order valence-corrected chi connectivity index (χ3v) is 3.26. The van der Waals surface area contributed by atoms with Gasteiger partial charge in [0.25, 0.3) is 0 Å². The van der Waals surface area contributed by atoms with E-state index in [1.165, 1.54) is 5.56 Å². The van der Waals surface area contributed by atoms with Crippen LogP contribution in [0.4, 0.5) is 0 Å². The average molecular weight is 269 g/mol. The number of likely N-dealkylation sites (N-methyl/N-ethyl adjacent to an activating group) is 1. The number of amides is 1. The Morgan fingerprint density at radius 2 is 1.85 bits per heavy atom. The first-order chi connectivity index (χ1) is 9.75. The molecule has 4 heteroatoms. The molecule has 0 aliphatic carbocycles. The highest BCUT2D eigenvalue weighted by molar-refractivity contribution is 5.76. The number of pyridine rings is 2. The van der Waals surface area contributed by atoms with Crippen LogP contribution >= 0.6 is 0 Å². The standard InChI is InChI=1S/C16H19N3O/c1-19(12-8-14-6-10-17-11-7-14)16(20)5-4-15-3-2-9-18-13-15/h2-3,6-7,9-11,13H,4-5,8,12H2,1H3. The van der Waals surface area contributed by atoms with Gasteiger partial charge in [-0.25, -0.2) is 0 Å². The van der Waals surface area contributed by atoms with Crippen molar-refractivity contribution >= 4 is 5.91 Å². The maximum atomic E-state index is 12.0. The number of hydrogen-bond acceptors (Lipinski definition) is 3. The summed E-state index contributed by atoms with van der Waals surface area (Å²) in [4.78, 5) is 21.9. The normalized spacial score (nSPS) is 10.2. The molecule has 0 aliphatic rings. The Morgan fingerprint density at radius 1 is 1.05 bits per heavy atom. The largest absolute Gasteiger partial charge is 0.345 e. The van der Waals surface area contributed by atoms with Gasteiger partial charge in [-0.15, -0.1) is 0 Å². The molecule has 0 aliphatic heterocycles. The van der Waals surface area contributed by atoms with Crippen LogP contribution in [0, 0.1) is 0 Å². The molecule has 0 N–H and O–H groups in total. The van der Waals surface area contributed by atoms with Crippen LogP contribution in [0.1, 0.15) is 17.5 Å². The van der Waals surface area contributed by atoms with Crippen LogP contribution in [0.3, 0.4) is 0 Å². The molecule has 0 spiro atoms. The second-order valence-corrected chi connectivity index (χ2v) is 4.78. The minimum atomic E-state index is 0.169. The van der Waals surface area contributed by atoms with E-state index in [0.717, 1.165) is 24.9 Å². The molecule has 0 bridgehead atoms. The SMILES string of the molecule is CN(CCc1ccncc1)C(=O)CCc1cccnc1. The van der Waals surface area contributed by atoms with Crippen molar-refractivity contribution < 1.29 is 4.79 Å². The van der Waals surface area contributed by atoms with E-state index >= 15 is 0 Å². The molecular formula is C16H19N3O. The lowest BCUT2D eigenvalue weighted by atomic mass is 10.1. The molecule has 2 aromatic rings. The molecule has 0 aromatic carbocycles. The fraction of sp³-hybridized carbons (Fsp3) is 0.312. The first-order valence-electron chi connectivity index (χ1n) is 6.77. The highest BCUT2D eigenvalue weighted by Gasteiger charge is 2.08. The Balaban J connectivity index is 1.75. The summed E-state index contributed by atoms with van der Waals surface area (Å²) in [5.41, 5.74) is 2.30. The summed E-state index contributed by atoms with van der Waals surface area (Å²) in [7, 11) is 1.85. The fourth-order valence-corrected chi connectivity index (χ4v) is 1.96. The number of carbonyl (C=O) groups excluding carboxylic acids is 1. The van der Waals surface area contributed by atoms with Crippen LogP contribution in [-0.4, -0.2) is 34.4 Å². The lowest BCUT2D eigenvalue weighted by Crippen LogP contribution is -2.29. The summed E-state index contributed by atoms with van der Waals surface area (Å²) in [5, 5.41) is 0. The Kier molecular flexibility index (Phi) is 5.24. The smallest absolute Gasteiger partial charge is 0.222 e. The topological polar surface area (TPSA) is 46.1 Å². The molecule has 0 saturated carbocycles. The lowest BCUT2D eigenvalue weighted by molar-refractivity contribution is -0.129. The van der Waals surface area contributed by atoms with Crippen molar-refractivity contribution in [3.63, 3.8) is 0 Å². The van der Waals surface area contributed by atoms with Crippen molar-refractivity contribution in [3.05, 3.63) is 60.2 Å². The second kappa shape index (κ2) is 7.38. The van der Waals surface area contributed by atoms with Crippen LogP contribution in [-0.2, 0) is 17.6 Å². The average Bonchev–Trinajstić information content (AvgIpc) is 2.52. The third kappa shape index (κ3) is 4.46. The zero-order valence-corrected chi connectivity index (χ0v) is 11.7. The first-order valence-corrected chi connectivity index (χ1v) is 6.77. The predicted molar refractivity (Wildman–Crippen MR) is 78.1 cm³/mol. The van der Waals surface area contributed by atoms with E-state index in [0.29, 0.717) is 6.42 Å². The molecule has 0 unspecified atom stereocenters. The maximum absolute atomic E-state index is 12.0. The molecular weight excluding hydrogens is 250 g/mol. The van der Waals surface area contributed by atoms with E-state index in [9.17, 15) is 4.79 Å². The summed E-state index contributed by atoms with van der Waals surface area (Å²) in [6.07, 6.45) is 9.23. The van der Waals surface area contributed by atoms with Crippen LogP contribution < -0.4 is 0 Å². The predicted octanol–water partition coefficient (Wildman–Crippen LogP) is 2.11. The fourth-order valence-electron chi connectivity index (χ4n) is 1.96. The molecule has 2 rings (SSSR count). The Hall–Kier alpha value is -2.23. The number of nitrogens with zero attached hydrogens (tertiary/aromatic N) is 3. The van der Waals surface area contributed by atoms with Gasteiger partial charge in [0.15, 0.2) is 0 Å². The van der Waals surface area contributed by atoms with E-state index in [1.54, 1.807) is 23.5 Å². The van der Waals surface area contributed by atoms with E-state index in [1.807, 2.05) is 37.5 Å². The summed E-state index contributed by atoms with van der Waals surface area (Å²) in [6.45, 7) is 0.732. The quantitative estimate of drug-likeness (QED) is 0.807. The van der Waals surface area contributed by atoms with Gasteiger partial charge in [-0.3, -0.25) is 14.8 Å². The Bertz CT molecular complexity index is 528. The molecule has 4 nitrogen and oxygen atoms in total. The van der Waals surface area contributed by atoms with Gasteiger partial charge in [-0.1, -0.05) is 6.07 Å². The summed E-state index contributed by atoms with van der Waals surface area (Å²) in [5.74, 6) is 0.169. The molecule has 0 saturated heterocycles. The van der Waals surface area contributed by atoms with E-state index in [4.69, 9.17) is 0 Å². The van der Waals surface area contributed by atoms with Crippen molar-refractivity contribution in [3.8, 4) is 0 Å². The Morgan fingerprint density at radius 3 is 2.55 bits per heavy atom. The highest BCUT2D eigenvalue weighted by Crippen LogP contribution is 2.04. The highest BCUT2D eigenvalue weighted by atomic mass is 16.2. The molecule has 2 aromatic heterocycles. The maximum Gasteiger partial charge on any atom is 0.222 e. The number of rotatable bonds is 6. The minimum Gasteiger partial charge on any atom is -0.345 e. The van der Waals surface area contributed by atoms with E-state index < -0.39 is 0 Å². The molecule has 1 amide bonds. The van der Waals surface area contributed by atoms with Crippen molar-refractivity contribution in [1.82, 2.24) is 14.9 Å². The minimum absolute atomic E-state index is 0.169. The zero-order chi connectivity index (χ0) is 14.2. The number of carbonyl (C=O) groups is 1. The van der Waals surface area contributed by atoms with Gasteiger partial charge in [0.05, 0.1) is 0 Å². The molecule has 0 atom stereocenters. The van der Waals surface area contributed by atoms with Crippen molar-refractivity contribution in [1.29, 1.82) is 0 Å². The zero-order valence-electron chi connectivity index (χ0n) is 11.7. The monoisotopic (exact) mass is 269 g/mol. The summed E-state index contributed by atoms with van der Waals surface area (Å²) >= 11 is 0. The number of aromatic nitrogens is 2. The molecule has 0 fully saturated rings. The van der Waals surface area contributed by atoms with Gasteiger partial charge in [0.2, 0.25) is 5.91 Å². The molecule has 2 heterocycles. The first kappa shape index (κ1) is 14.2. The van der Waals surface area contributed by atoms with Gasteiger partial charge in [-0.2, -0.15) is 0 Å². The van der Waals surface area contributed by atoms with Gasteiger partial charge in [-0.05, 0) is 42.2 Å². The van der Waals surface area contributed by atoms with Crippen molar-refractivity contribution in [2.45, 2.75) is 19.3 Å². The van der Waals surface area contributed by atoms with Gasteiger partial charge < -0.3 is 4.90 Å². The van der Waals surface area contributed by atoms with Gasteiger partial charge >= 0.3 is 0 Å². The van der Waals surface area contributed by atoms with Crippen molar-refractivity contribution in [2.75, 3.05) is 13.6 Å². The van der Waals surface area contributed by atoms with Crippen molar-refractivity contribution in [2.24, 2.45) is 0 Å². The van der Waals surface area contributed by atoms with Crippen LogP contribution in [0.2, 0.25) is 0 Å². The lowest BCUT2D eigenvalue weighted by Gasteiger charge is -2.17. The van der Waals surface area contributed by atoms with Gasteiger partial charge in [0.1, 0.15) is 0 Å². The number of aryl methyl sites for hydroxylation is 1. The summed E-state index contributed by atoms with van der Waals surface area (Å²) in [6, 6.07) is 7.85. The van der Waals surface area contributed by atoms with Crippen LogP contribution in [0.25, 0.3) is 0 Å². The molecule has 20 heavy (non-hydrogen) atoms.